The number of hydrogen-bond donors (Lipinski definition) is 1. The summed E-state index contributed by atoms with van der Waals surface area (Å²) < 4.78 is 0. The number of nitriles is 1. The van der Waals surface area contributed by atoms with E-state index in [1.165, 1.54) is 0 Å². The molecule has 1 N–H and O–H groups in total. The minimum atomic E-state index is -1.94. The van der Waals surface area contributed by atoms with Crippen LogP contribution in [-0.4, -0.2) is 17.9 Å². The highest BCUT2D eigenvalue weighted by Gasteiger charge is 2.20. The van der Waals surface area contributed by atoms with Crippen molar-refractivity contribution in [3.63, 3.8) is 0 Å². The van der Waals surface area contributed by atoms with E-state index in [0.29, 0.717) is 5.56 Å². The smallest absolute Gasteiger partial charge is 0.141 e. The van der Waals surface area contributed by atoms with E-state index in [2.05, 4.69) is 4.98 Å². The highest BCUT2D eigenvalue weighted by molar-refractivity contribution is 6.16. The van der Waals surface area contributed by atoms with Gasteiger partial charge in [-0.25, -0.2) is 0 Å². The molecule has 0 aliphatic carbocycles. The summed E-state index contributed by atoms with van der Waals surface area (Å²) in [6, 6.07) is 14.0. The molecule has 2 rings (SSSR count). The fourth-order valence-electron chi connectivity index (χ4n) is 1.49. The number of rotatable bonds is 2. The van der Waals surface area contributed by atoms with Crippen LogP contribution in [0.3, 0.4) is 0 Å². The average molecular weight is 220 g/mol. The molecule has 80 valence electrons. The number of pyridine rings is 1. The summed E-state index contributed by atoms with van der Waals surface area (Å²) in [6.07, 6.45) is 1.71. The van der Waals surface area contributed by atoms with E-state index in [9.17, 15) is 5.11 Å². The van der Waals surface area contributed by atoms with Crippen molar-refractivity contribution < 1.29 is 5.11 Å². The minimum Gasteiger partial charge on any atom is -0.381 e. The Morgan fingerprint density at radius 1 is 1.18 bits per heavy atom. The molecule has 2 radical (unpaired) electrons. The van der Waals surface area contributed by atoms with Gasteiger partial charge in [-0.1, -0.05) is 30.3 Å². The first-order valence-electron chi connectivity index (χ1n) is 5.08. The molecule has 0 aliphatic rings. The lowest BCUT2D eigenvalue weighted by molar-refractivity contribution is 0.188. The van der Waals surface area contributed by atoms with Crippen LogP contribution in [0.15, 0.2) is 48.7 Å². The van der Waals surface area contributed by atoms with Crippen LogP contribution in [0.25, 0.3) is 11.3 Å². The SMILES string of the molecule is [B]C(O)(C#N)c1ccc(-c2ccccn2)cc1. The second kappa shape index (κ2) is 4.40. The van der Waals surface area contributed by atoms with Crippen molar-refractivity contribution in [1.29, 1.82) is 5.26 Å². The Bertz CT molecular complexity index is 544. The van der Waals surface area contributed by atoms with Crippen LogP contribution in [0, 0.1) is 11.3 Å². The first kappa shape index (κ1) is 11.4. The van der Waals surface area contributed by atoms with E-state index >= 15 is 0 Å². The largest absolute Gasteiger partial charge is 0.381 e. The maximum Gasteiger partial charge on any atom is 0.141 e. The van der Waals surface area contributed by atoms with Gasteiger partial charge in [0.15, 0.2) is 0 Å². The Morgan fingerprint density at radius 3 is 2.41 bits per heavy atom. The van der Waals surface area contributed by atoms with E-state index in [0.717, 1.165) is 11.3 Å². The fourth-order valence-corrected chi connectivity index (χ4v) is 1.49. The molecule has 1 atom stereocenters. The Hall–Kier alpha value is -2.12. The van der Waals surface area contributed by atoms with Crippen molar-refractivity contribution in [3.8, 4) is 17.3 Å². The molecule has 3 nitrogen and oxygen atoms in total. The van der Waals surface area contributed by atoms with Gasteiger partial charge in [0.1, 0.15) is 13.3 Å². The third kappa shape index (κ3) is 2.35. The molecular weight excluding hydrogens is 211 g/mol. The number of aliphatic hydroxyl groups is 1. The quantitative estimate of drug-likeness (QED) is 0.617. The zero-order valence-corrected chi connectivity index (χ0v) is 9.04. The molecule has 0 aliphatic heterocycles. The summed E-state index contributed by atoms with van der Waals surface area (Å²) in [5.41, 5.74) is 0.155. The highest BCUT2D eigenvalue weighted by Crippen LogP contribution is 2.21. The Labute approximate surface area is 101 Å². The van der Waals surface area contributed by atoms with Crippen molar-refractivity contribution in [1.82, 2.24) is 4.98 Å². The zero-order valence-electron chi connectivity index (χ0n) is 9.04. The molecule has 1 unspecified atom stereocenters. The average Bonchev–Trinajstić information content (AvgIpc) is 2.40. The molecule has 17 heavy (non-hydrogen) atoms. The molecule has 1 heterocycles. The second-order valence-corrected chi connectivity index (χ2v) is 3.67. The molecule has 0 fully saturated rings. The molecule has 2 aromatic rings. The summed E-state index contributed by atoms with van der Waals surface area (Å²) in [5, 5.41) is 18.3. The van der Waals surface area contributed by atoms with E-state index in [1.54, 1.807) is 36.5 Å². The highest BCUT2D eigenvalue weighted by atomic mass is 16.3. The molecule has 1 aromatic carbocycles. The topological polar surface area (TPSA) is 56.9 Å². The fraction of sp³-hybridized carbons (Fsp3) is 0.0769. The molecule has 0 spiro atoms. The van der Waals surface area contributed by atoms with Crippen LogP contribution in [-0.2, 0) is 5.50 Å². The van der Waals surface area contributed by atoms with Crippen molar-refractivity contribution in [2.45, 2.75) is 5.50 Å². The van der Waals surface area contributed by atoms with Crippen LogP contribution in [0.5, 0.6) is 0 Å². The summed E-state index contributed by atoms with van der Waals surface area (Å²) in [5.74, 6) is 0. The van der Waals surface area contributed by atoms with Crippen molar-refractivity contribution >= 4 is 7.85 Å². The second-order valence-electron chi connectivity index (χ2n) is 3.67. The van der Waals surface area contributed by atoms with Crippen LogP contribution in [0.1, 0.15) is 5.56 Å². The number of nitrogens with zero attached hydrogens (tertiary/aromatic N) is 2. The van der Waals surface area contributed by atoms with Crippen LogP contribution < -0.4 is 0 Å². The number of hydrogen-bond acceptors (Lipinski definition) is 3. The molecule has 0 saturated carbocycles. The van der Waals surface area contributed by atoms with Gasteiger partial charge in [0.2, 0.25) is 0 Å². The molecule has 1 aromatic heterocycles. The van der Waals surface area contributed by atoms with Crippen molar-refractivity contribution in [2.75, 3.05) is 0 Å². The van der Waals surface area contributed by atoms with Crippen molar-refractivity contribution in [3.05, 3.63) is 54.2 Å². The van der Waals surface area contributed by atoms with Gasteiger partial charge in [0.25, 0.3) is 0 Å². The zero-order chi connectivity index (χ0) is 12.3. The Balaban J connectivity index is 2.35. The van der Waals surface area contributed by atoms with Gasteiger partial charge in [0, 0.05) is 11.8 Å². The number of benzene rings is 1. The molecule has 0 saturated heterocycles. The lowest BCUT2D eigenvalue weighted by Gasteiger charge is -2.15. The van der Waals surface area contributed by atoms with Gasteiger partial charge < -0.3 is 5.11 Å². The molecule has 0 amide bonds. The van der Waals surface area contributed by atoms with Crippen LogP contribution in [0.4, 0.5) is 0 Å². The van der Waals surface area contributed by atoms with E-state index < -0.39 is 5.50 Å². The maximum atomic E-state index is 9.56. The standard InChI is InChI=1S/C13H9BN2O/c14-13(17,9-15)11-6-4-10(5-7-11)12-3-1-2-8-16-12/h1-8,17H. The maximum absolute atomic E-state index is 9.56. The summed E-state index contributed by atoms with van der Waals surface area (Å²) in [7, 11) is 5.40. The van der Waals surface area contributed by atoms with Crippen molar-refractivity contribution in [2.24, 2.45) is 0 Å². The lowest BCUT2D eigenvalue weighted by Crippen LogP contribution is -2.23. The number of aromatic nitrogens is 1. The van der Waals surface area contributed by atoms with Gasteiger partial charge in [-0.2, -0.15) is 5.26 Å². The van der Waals surface area contributed by atoms with Gasteiger partial charge in [-0.15, -0.1) is 0 Å². The Morgan fingerprint density at radius 2 is 1.88 bits per heavy atom. The first-order chi connectivity index (χ1) is 8.13. The third-order valence-corrected chi connectivity index (χ3v) is 2.46. The van der Waals surface area contributed by atoms with E-state index in [4.69, 9.17) is 13.1 Å². The minimum absolute atomic E-state index is 0.361. The van der Waals surface area contributed by atoms with E-state index in [-0.39, 0.29) is 0 Å². The Kier molecular flexibility index (Phi) is 2.94. The van der Waals surface area contributed by atoms with E-state index in [1.807, 2.05) is 18.2 Å². The predicted molar refractivity (Wildman–Crippen MR) is 64.9 cm³/mol. The van der Waals surface area contributed by atoms with Crippen LogP contribution >= 0.6 is 0 Å². The monoisotopic (exact) mass is 220 g/mol. The van der Waals surface area contributed by atoms with Gasteiger partial charge in [0.05, 0.1) is 11.8 Å². The van der Waals surface area contributed by atoms with Crippen LogP contribution in [0.2, 0.25) is 0 Å². The molecular formula is C13H9BN2O. The van der Waals surface area contributed by atoms with Gasteiger partial charge in [-0.3, -0.25) is 4.98 Å². The third-order valence-electron chi connectivity index (χ3n) is 2.46. The summed E-state index contributed by atoms with van der Waals surface area (Å²) >= 11 is 0. The summed E-state index contributed by atoms with van der Waals surface area (Å²) in [6.45, 7) is 0. The molecule has 0 bridgehead atoms. The van der Waals surface area contributed by atoms with Gasteiger partial charge in [-0.05, 0) is 17.7 Å². The normalized spacial score (nSPS) is 13.6. The first-order valence-corrected chi connectivity index (χ1v) is 5.08. The lowest BCUT2D eigenvalue weighted by atomic mass is 9.77. The van der Waals surface area contributed by atoms with Gasteiger partial charge >= 0.3 is 0 Å². The molecule has 4 heteroatoms. The predicted octanol–water partition coefficient (Wildman–Crippen LogP) is 1.59. The summed E-state index contributed by atoms with van der Waals surface area (Å²) in [4.78, 5) is 4.20.